The molecular weight excluding hydrogens is 268 g/mol. The number of carboxylic acid groups (broad SMARTS) is 1. The first-order chi connectivity index (χ1) is 9.71. The Bertz CT molecular complexity index is 506. The molecule has 1 aromatic carbocycles. The van der Waals surface area contributed by atoms with E-state index in [-0.39, 0.29) is 23.1 Å². The van der Waals surface area contributed by atoms with Crippen LogP contribution in [0, 0.1) is 5.41 Å². The summed E-state index contributed by atoms with van der Waals surface area (Å²) in [5.74, 6) is -0.948. The van der Waals surface area contributed by atoms with Crippen molar-refractivity contribution in [3.05, 3.63) is 35.4 Å². The molecule has 0 spiro atoms. The molecular formula is C16H24N2O3. The van der Waals surface area contributed by atoms with Crippen molar-refractivity contribution in [2.24, 2.45) is 5.41 Å². The zero-order valence-electron chi connectivity index (χ0n) is 13.1. The van der Waals surface area contributed by atoms with Gasteiger partial charge in [-0.25, -0.2) is 9.59 Å². The van der Waals surface area contributed by atoms with E-state index in [1.165, 1.54) is 0 Å². The number of nitrogens with one attached hydrogen (secondary N) is 2. The van der Waals surface area contributed by atoms with Crippen LogP contribution >= 0.6 is 0 Å². The van der Waals surface area contributed by atoms with Crippen LogP contribution in [-0.4, -0.2) is 29.7 Å². The van der Waals surface area contributed by atoms with Crippen LogP contribution in [0.15, 0.2) is 24.3 Å². The van der Waals surface area contributed by atoms with Gasteiger partial charge in [-0.15, -0.1) is 0 Å². The third-order valence-electron chi connectivity index (χ3n) is 3.57. The summed E-state index contributed by atoms with van der Waals surface area (Å²) in [6.07, 6.45) is 0.486. The van der Waals surface area contributed by atoms with Crippen LogP contribution in [0.2, 0.25) is 0 Å². The Kier molecular flexibility index (Phi) is 5.76. The summed E-state index contributed by atoms with van der Waals surface area (Å²) in [7, 11) is 0. The van der Waals surface area contributed by atoms with Crippen LogP contribution < -0.4 is 10.6 Å². The minimum Gasteiger partial charge on any atom is -0.478 e. The summed E-state index contributed by atoms with van der Waals surface area (Å²) in [5, 5.41) is 14.7. The lowest BCUT2D eigenvalue weighted by Gasteiger charge is -2.28. The van der Waals surface area contributed by atoms with Gasteiger partial charge in [-0.3, -0.25) is 0 Å². The second-order valence-electron chi connectivity index (χ2n) is 6.20. The quantitative estimate of drug-likeness (QED) is 0.780. The Morgan fingerprint density at radius 2 is 1.86 bits per heavy atom. The predicted molar refractivity (Wildman–Crippen MR) is 82.6 cm³/mol. The number of carbonyl (C=O) groups excluding carboxylic acids is 1. The van der Waals surface area contributed by atoms with E-state index in [0.29, 0.717) is 18.5 Å². The van der Waals surface area contributed by atoms with Gasteiger partial charge in [0, 0.05) is 12.6 Å². The van der Waals surface area contributed by atoms with Crippen LogP contribution in [0.5, 0.6) is 0 Å². The molecule has 1 rings (SSSR count). The van der Waals surface area contributed by atoms with Crippen molar-refractivity contribution < 1.29 is 14.7 Å². The number of benzene rings is 1. The molecule has 0 fully saturated rings. The highest BCUT2D eigenvalue weighted by Gasteiger charge is 2.21. The predicted octanol–water partition coefficient (Wildman–Crippen LogP) is 2.66. The van der Waals surface area contributed by atoms with Crippen molar-refractivity contribution in [1.29, 1.82) is 0 Å². The number of carboxylic acids is 1. The van der Waals surface area contributed by atoms with Crippen LogP contribution in [0.1, 0.15) is 43.6 Å². The van der Waals surface area contributed by atoms with Gasteiger partial charge in [0.05, 0.1) is 5.56 Å². The number of hydrogen-bond donors (Lipinski definition) is 3. The summed E-state index contributed by atoms with van der Waals surface area (Å²) in [6, 6.07) is 6.64. The van der Waals surface area contributed by atoms with E-state index >= 15 is 0 Å². The number of hydrogen-bond acceptors (Lipinski definition) is 2. The molecule has 0 radical (unpaired) electrons. The molecule has 0 saturated heterocycles. The van der Waals surface area contributed by atoms with E-state index in [0.717, 1.165) is 0 Å². The summed E-state index contributed by atoms with van der Waals surface area (Å²) in [6.45, 7) is 8.52. The SMILES string of the molecule is CC(NC(=O)NCCc1ccccc1C(=O)O)C(C)(C)C. The smallest absolute Gasteiger partial charge is 0.335 e. The fraction of sp³-hybridized carbons (Fsp3) is 0.500. The average molecular weight is 292 g/mol. The minimum atomic E-state index is -0.948. The van der Waals surface area contributed by atoms with E-state index in [2.05, 4.69) is 31.4 Å². The van der Waals surface area contributed by atoms with Crippen LogP contribution in [0.25, 0.3) is 0 Å². The Labute approximate surface area is 125 Å². The number of aromatic carboxylic acids is 1. The number of amides is 2. The van der Waals surface area contributed by atoms with Gasteiger partial charge in [0.25, 0.3) is 0 Å². The standard InChI is InChI=1S/C16H24N2O3/c1-11(16(2,3)4)18-15(21)17-10-9-12-7-5-6-8-13(12)14(19)20/h5-8,11H,9-10H2,1-4H3,(H,19,20)(H2,17,18,21). The summed E-state index contributed by atoms with van der Waals surface area (Å²) >= 11 is 0. The second kappa shape index (κ2) is 7.11. The molecule has 0 aliphatic heterocycles. The van der Waals surface area contributed by atoms with Gasteiger partial charge in [0.2, 0.25) is 0 Å². The maximum atomic E-state index is 11.8. The molecule has 21 heavy (non-hydrogen) atoms. The van der Waals surface area contributed by atoms with E-state index in [1.54, 1.807) is 24.3 Å². The van der Waals surface area contributed by atoms with Gasteiger partial charge in [-0.1, -0.05) is 39.0 Å². The van der Waals surface area contributed by atoms with Crippen molar-refractivity contribution in [2.75, 3.05) is 6.54 Å². The lowest BCUT2D eigenvalue weighted by Crippen LogP contribution is -2.46. The molecule has 1 atom stereocenters. The van der Waals surface area contributed by atoms with Crippen molar-refractivity contribution >= 4 is 12.0 Å². The molecule has 0 bridgehead atoms. The molecule has 0 aromatic heterocycles. The fourth-order valence-electron chi connectivity index (χ4n) is 1.72. The van der Waals surface area contributed by atoms with E-state index in [1.807, 2.05) is 6.92 Å². The molecule has 5 nitrogen and oxygen atoms in total. The first-order valence-corrected chi connectivity index (χ1v) is 7.07. The average Bonchev–Trinajstić information content (AvgIpc) is 2.37. The van der Waals surface area contributed by atoms with Gasteiger partial charge >= 0.3 is 12.0 Å². The lowest BCUT2D eigenvalue weighted by molar-refractivity contribution is 0.0695. The first-order valence-electron chi connectivity index (χ1n) is 7.07. The Morgan fingerprint density at radius 1 is 1.24 bits per heavy atom. The van der Waals surface area contributed by atoms with Gasteiger partial charge < -0.3 is 15.7 Å². The number of carbonyl (C=O) groups is 2. The van der Waals surface area contributed by atoms with Crippen molar-refractivity contribution in [1.82, 2.24) is 10.6 Å². The van der Waals surface area contributed by atoms with Gasteiger partial charge in [0.1, 0.15) is 0 Å². The Morgan fingerprint density at radius 3 is 2.43 bits per heavy atom. The Hall–Kier alpha value is -2.04. The van der Waals surface area contributed by atoms with Gasteiger partial charge in [0.15, 0.2) is 0 Å². The fourth-order valence-corrected chi connectivity index (χ4v) is 1.72. The number of urea groups is 1. The highest BCUT2D eigenvalue weighted by molar-refractivity contribution is 5.89. The zero-order valence-corrected chi connectivity index (χ0v) is 13.1. The zero-order chi connectivity index (χ0) is 16.0. The monoisotopic (exact) mass is 292 g/mol. The van der Waals surface area contributed by atoms with Crippen LogP contribution in [0.3, 0.4) is 0 Å². The van der Waals surface area contributed by atoms with Crippen LogP contribution in [-0.2, 0) is 6.42 Å². The summed E-state index contributed by atoms with van der Waals surface area (Å²) in [5.41, 5.74) is 0.990. The molecule has 0 aliphatic carbocycles. The first kappa shape index (κ1) is 17.0. The topological polar surface area (TPSA) is 78.4 Å². The minimum absolute atomic E-state index is 0.00670. The second-order valence-corrected chi connectivity index (χ2v) is 6.20. The number of rotatable bonds is 5. The van der Waals surface area contributed by atoms with Gasteiger partial charge in [-0.05, 0) is 30.4 Å². The normalized spacial score (nSPS) is 12.6. The van der Waals surface area contributed by atoms with E-state index in [9.17, 15) is 9.59 Å². The third kappa shape index (κ3) is 5.45. The van der Waals surface area contributed by atoms with Gasteiger partial charge in [-0.2, -0.15) is 0 Å². The molecule has 116 valence electrons. The maximum absolute atomic E-state index is 11.8. The molecule has 0 aliphatic rings. The van der Waals surface area contributed by atoms with Crippen molar-refractivity contribution in [3.8, 4) is 0 Å². The highest BCUT2D eigenvalue weighted by atomic mass is 16.4. The van der Waals surface area contributed by atoms with Crippen molar-refractivity contribution in [3.63, 3.8) is 0 Å². The molecule has 5 heteroatoms. The van der Waals surface area contributed by atoms with E-state index < -0.39 is 5.97 Å². The molecule has 2 amide bonds. The highest BCUT2D eigenvalue weighted by Crippen LogP contribution is 2.18. The summed E-state index contributed by atoms with van der Waals surface area (Å²) < 4.78 is 0. The lowest BCUT2D eigenvalue weighted by atomic mass is 9.88. The molecule has 1 aromatic rings. The maximum Gasteiger partial charge on any atom is 0.335 e. The summed E-state index contributed by atoms with van der Waals surface area (Å²) in [4.78, 5) is 22.8. The molecule has 0 heterocycles. The molecule has 0 saturated carbocycles. The molecule has 3 N–H and O–H groups in total. The van der Waals surface area contributed by atoms with Crippen molar-refractivity contribution in [2.45, 2.75) is 40.2 Å². The molecule has 1 unspecified atom stereocenters. The van der Waals surface area contributed by atoms with Crippen LogP contribution in [0.4, 0.5) is 4.79 Å². The largest absolute Gasteiger partial charge is 0.478 e. The third-order valence-corrected chi connectivity index (χ3v) is 3.57. The Balaban J connectivity index is 2.47. The van der Waals surface area contributed by atoms with E-state index in [4.69, 9.17) is 5.11 Å².